The zero-order chi connectivity index (χ0) is 16.8. The number of nitrogens with one attached hydrogen (secondary N) is 3. The van der Waals surface area contributed by atoms with Crippen molar-refractivity contribution in [3.05, 3.63) is 29.8 Å². The van der Waals surface area contributed by atoms with Gasteiger partial charge in [-0.15, -0.1) is 0 Å². The largest absolute Gasteiger partial charge is 0.354 e. The maximum absolute atomic E-state index is 11.4. The van der Waals surface area contributed by atoms with Crippen LogP contribution in [0.5, 0.6) is 0 Å². The molecular formula is C15H26N4O2S. The smallest absolute Gasteiger partial charge is 0.229 e. The highest BCUT2D eigenvalue weighted by molar-refractivity contribution is 7.92. The summed E-state index contributed by atoms with van der Waals surface area (Å²) >= 11 is 0. The van der Waals surface area contributed by atoms with Crippen LogP contribution < -0.4 is 15.4 Å². The Morgan fingerprint density at radius 1 is 1.23 bits per heavy atom. The molecule has 0 amide bonds. The minimum atomic E-state index is -3.30. The number of guanidine groups is 1. The van der Waals surface area contributed by atoms with Crippen LogP contribution >= 0.6 is 0 Å². The average molecular weight is 326 g/mol. The average Bonchev–Trinajstić information content (AvgIpc) is 2.42. The van der Waals surface area contributed by atoms with Gasteiger partial charge in [-0.3, -0.25) is 9.71 Å². The molecule has 22 heavy (non-hydrogen) atoms. The van der Waals surface area contributed by atoms with Crippen molar-refractivity contribution in [3.63, 3.8) is 0 Å². The molecule has 1 unspecified atom stereocenters. The van der Waals surface area contributed by atoms with Gasteiger partial charge < -0.3 is 10.6 Å². The number of anilines is 1. The van der Waals surface area contributed by atoms with Crippen LogP contribution in [0.2, 0.25) is 0 Å². The van der Waals surface area contributed by atoms with Crippen LogP contribution in [0, 0.1) is 5.92 Å². The lowest BCUT2D eigenvalue weighted by molar-refractivity contribution is 0.481. The van der Waals surface area contributed by atoms with Crippen LogP contribution in [0.15, 0.2) is 29.3 Å². The van der Waals surface area contributed by atoms with Crippen LogP contribution in [0.3, 0.4) is 0 Å². The van der Waals surface area contributed by atoms with Gasteiger partial charge in [0.1, 0.15) is 0 Å². The Hall–Kier alpha value is -1.76. The molecule has 0 heterocycles. The molecule has 0 aromatic heterocycles. The third kappa shape index (κ3) is 6.34. The SMILES string of the molecule is CN=C(NCc1ccccc1NS(C)(=O)=O)NC(C)C(C)C. The number of hydrogen-bond acceptors (Lipinski definition) is 3. The maximum atomic E-state index is 11.4. The number of rotatable bonds is 6. The molecule has 0 radical (unpaired) electrons. The molecule has 0 fully saturated rings. The van der Waals surface area contributed by atoms with E-state index in [0.717, 1.165) is 11.8 Å². The molecule has 0 aliphatic carbocycles. The van der Waals surface area contributed by atoms with Gasteiger partial charge >= 0.3 is 0 Å². The molecule has 1 atom stereocenters. The predicted molar refractivity (Wildman–Crippen MR) is 92.5 cm³/mol. The van der Waals surface area contributed by atoms with Crippen LogP contribution in [-0.2, 0) is 16.6 Å². The van der Waals surface area contributed by atoms with E-state index in [-0.39, 0.29) is 6.04 Å². The predicted octanol–water partition coefficient (Wildman–Crippen LogP) is 1.77. The van der Waals surface area contributed by atoms with Gasteiger partial charge in [-0.05, 0) is 24.5 Å². The fraction of sp³-hybridized carbons (Fsp3) is 0.533. The maximum Gasteiger partial charge on any atom is 0.229 e. The molecule has 0 spiro atoms. The Labute approximate surface area is 133 Å². The summed E-state index contributed by atoms with van der Waals surface area (Å²) in [6.07, 6.45) is 1.14. The lowest BCUT2D eigenvalue weighted by atomic mass is 10.1. The van der Waals surface area contributed by atoms with Gasteiger partial charge in [0.25, 0.3) is 0 Å². The van der Waals surface area contributed by atoms with E-state index in [2.05, 4.69) is 41.1 Å². The number of aliphatic imine (C=N–C) groups is 1. The van der Waals surface area contributed by atoms with Crippen molar-refractivity contribution in [2.24, 2.45) is 10.9 Å². The van der Waals surface area contributed by atoms with E-state index < -0.39 is 10.0 Å². The Morgan fingerprint density at radius 2 is 1.86 bits per heavy atom. The van der Waals surface area contributed by atoms with Crippen molar-refractivity contribution >= 4 is 21.7 Å². The summed E-state index contributed by atoms with van der Waals surface area (Å²) in [5, 5.41) is 6.51. The third-order valence-corrected chi connectivity index (χ3v) is 3.94. The Kier molecular flexibility index (Phi) is 6.67. The van der Waals surface area contributed by atoms with Crippen molar-refractivity contribution in [1.82, 2.24) is 10.6 Å². The fourth-order valence-electron chi connectivity index (χ4n) is 1.73. The highest BCUT2D eigenvalue weighted by atomic mass is 32.2. The summed E-state index contributed by atoms with van der Waals surface area (Å²) in [5.41, 5.74) is 1.43. The molecular weight excluding hydrogens is 300 g/mol. The monoisotopic (exact) mass is 326 g/mol. The first-order valence-electron chi connectivity index (χ1n) is 7.26. The summed E-state index contributed by atoms with van der Waals surface area (Å²) in [6.45, 7) is 6.84. The van der Waals surface area contributed by atoms with Crippen LogP contribution in [0.4, 0.5) is 5.69 Å². The standard InChI is InChI=1S/C15H26N4O2S/c1-11(2)12(3)18-15(16-4)17-10-13-8-6-7-9-14(13)19-22(5,20)21/h6-9,11-12,19H,10H2,1-5H3,(H2,16,17,18). The van der Waals surface area contributed by atoms with Crippen molar-refractivity contribution in [3.8, 4) is 0 Å². The lowest BCUT2D eigenvalue weighted by Gasteiger charge is -2.21. The zero-order valence-corrected chi connectivity index (χ0v) is 14.7. The van der Waals surface area contributed by atoms with Crippen molar-refractivity contribution < 1.29 is 8.42 Å². The highest BCUT2D eigenvalue weighted by Crippen LogP contribution is 2.15. The van der Waals surface area contributed by atoms with Crippen LogP contribution in [0.1, 0.15) is 26.3 Å². The molecule has 0 saturated heterocycles. The second-order valence-corrected chi connectivity index (χ2v) is 7.38. The van der Waals surface area contributed by atoms with Gasteiger partial charge in [-0.1, -0.05) is 32.0 Å². The second-order valence-electron chi connectivity index (χ2n) is 5.63. The van der Waals surface area contributed by atoms with Gasteiger partial charge in [0.2, 0.25) is 10.0 Å². The number of sulfonamides is 1. The van der Waals surface area contributed by atoms with Crippen molar-refractivity contribution in [1.29, 1.82) is 0 Å². The number of nitrogens with zero attached hydrogens (tertiary/aromatic N) is 1. The van der Waals surface area contributed by atoms with Crippen LogP contribution in [-0.4, -0.2) is 33.7 Å². The molecule has 7 heteroatoms. The van der Waals surface area contributed by atoms with E-state index in [9.17, 15) is 8.42 Å². The summed E-state index contributed by atoms with van der Waals surface area (Å²) in [7, 11) is -1.59. The van der Waals surface area contributed by atoms with Crippen LogP contribution in [0.25, 0.3) is 0 Å². The first-order chi connectivity index (χ1) is 10.2. The van der Waals surface area contributed by atoms with Crippen molar-refractivity contribution in [2.75, 3.05) is 18.0 Å². The Morgan fingerprint density at radius 3 is 2.41 bits per heavy atom. The lowest BCUT2D eigenvalue weighted by Crippen LogP contribution is -2.43. The van der Waals surface area contributed by atoms with Crippen molar-refractivity contribution in [2.45, 2.75) is 33.4 Å². The molecule has 0 bridgehead atoms. The number of para-hydroxylation sites is 1. The van der Waals surface area contributed by atoms with Gasteiger partial charge in [-0.2, -0.15) is 0 Å². The normalized spacial score (nSPS) is 13.8. The molecule has 1 rings (SSSR count). The molecule has 1 aromatic carbocycles. The first kappa shape index (κ1) is 18.3. The third-order valence-electron chi connectivity index (χ3n) is 3.35. The molecule has 3 N–H and O–H groups in total. The van der Waals surface area contributed by atoms with E-state index in [1.807, 2.05) is 12.1 Å². The number of hydrogen-bond donors (Lipinski definition) is 3. The topological polar surface area (TPSA) is 82.6 Å². The Bertz CT molecular complexity index is 612. The van der Waals surface area contributed by atoms with E-state index in [0.29, 0.717) is 24.1 Å². The molecule has 6 nitrogen and oxygen atoms in total. The quantitative estimate of drug-likeness (QED) is 0.549. The minimum Gasteiger partial charge on any atom is -0.354 e. The molecule has 0 aliphatic heterocycles. The summed E-state index contributed by atoms with van der Waals surface area (Å²) in [6, 6.07) is 7.57. The Balaban J connectivity index is 2.75. The van der Waals surface area contributed by atoms with E-state index >= 15 is 0 Å². The zero-order valence-electron chi connectivity index (χ0n) is 13.8. The summed E-state index contributed by atoms with van der Waals surface area (Å²) in [4.78, 5) is 4.19. The molecule has 0 saturated carbocycles. The first-order valence-corrected chi connectivity index (χ1v) is 9.15. The minimum absolute atomic E-state index is 0.288. The van der Waals surface area contributed by atoms with Gasteiger partial charge in [0, 0.05) is 19.6 Å². The van der Waals surface area contributed by atoms with Gasteiger partial charge in [0.15, 0.2) is 5.96 Å². The molecule has 0 aliphatic rings. The van der Waals surface area contributed by atoms with Gasteiger partial charge in [0.05, 0.1) is 11.9 Å². The van der Waals surface area contributed by atoms with Gasteiger partial charge in [-0.25, -0.2) is 8.42 Å². The number of benzene rings is 1. The van der Waals surface area contributed by atoms with E-state index in [4.69, 9.17) is 0 Å². The summed E-state index contributed by atoms with van der Waals surface area (Å²) in [5.74, 6) is 1.17. The molecule has 124 valence electrons. The second kappa shape index (κ2) is 8.03. The van der Waals surface area contributed by atoms with E-state index in [1.54, 1.807) is 19.2 Å². The highest BCUT2D eigenvalue weighted by Gasteiger charge is 2.10. The summed E-state index contributed by atoms with van der Waals surface area (Å²) < 4.78 is 25.3. The molecule has 1 aromatic rings. The van der Waals surface area contributed by atoms with E-state index in [1.165, 1.54) is 0 Å². The fourth-order valence-corrected chi connectivity index (χ4v) is 2.33.